The van der Waals surface area contributed by atoms with Crippen LogP contribution in [0, 0.1) is 0 Å². The van der Waals surface area contributed by atoms with Crippen LogP contribution >= 0.6 is 0 Å². The summed E-state index contributed by atoms with van der Waals surface area (Å²) in [7, 11) is 1.46. The van der Waals surface area contributed by atoms with E-state index in [-0.39, 0.29) is 11.7 Å². The van der Waals surface area contributed by atoms with Gasteiger partial charge in [0, 0.05) is 11.3 Å². The molecule has 0 aromatic heterocycles. The molecule has 0 radical (unpaired) electrons. The number of ether oxygens (including phenoxy) is 1. The van der Waals surface area contributed by atoms with E-state index in [0.717, 1.165) is 0 Å². The standard InChI is InChI=1S/C15H15N3O3/c1-21-14-7-10(5-6-13(14)19)9-17-18-15(20)11-3-2-4-12(16)8-11/h2-9,19H,16H2,1H3,(H,18,20)/b17-9-. The predicted molar refractivity (Wildman–Crippen MR) is 80.6 cm³/mol. The van der Waals surface area contributed by atoms with Crippen LogP contribution in [0.1, 0.15) is 15.9 Å². The molecule has 0 aliphatic rings. The normalized spacial score (nSPS) is 10.5. The van der Waals surface area contributed by atoms with E-state index in [4.69, 9.17) is 10.5 Å². The maximum Gasteiger partial charge on any atom is 0.271 e. The molecule has 0 heterocycles. The Morgan fingerprint density at radius 2 is 2.14 bits per heavy atom. The van der Waals surface area contributed by atoms with Gasteiger partial charge in [0.05, 0.1) is 13.3 Å². The lowest BCUT2D eigenvalue weighted by atomic mass is 10.2. The van der Waals surface area contributed by atoms with Crippen molar-refractivity contribution in [3.8, 4) is 11.5 Å². The highest BCUT2D eigenvalue weighted by molar-refractivity contribution is 5.95. The van der Waals surface area contributed by atoms with Crippen LogP contribution in [-0.4, -0.2) is 24.3 Å². The number of hydrazone groups is 1. The molecule has 1 amide bonds. The van der Waals surface area contributed by atoms with Crippen LogP contribution in [0.2, 0.25) is 0 Å². The predicted octanol–water partition coefficient (Wildman–Crippen LogP) is 1.75. The second-order valence-electron chi connectivity index (χ2n) is 4.26. The number of anilines is 1. The summed E-state index contributed by atoms with van der Waals surface area (Å²) in [6, 6.07) is 11.3. The van der Waals surface area contributed by atoms with Gasteiger partial charge in [-0.25, -0.2) is 5.43 Å². The number of methoxy groups -OCH3 is 1. The summed E-state index contributed by atoms with van der Waals surface area (Å²) < 4.78 is 4.98. The van der Waals surface area contributed by atoms with Gasteiger partial charge < -0.3 is 15.6 Å². The Labute approximate surface area is 121 Å². The van der Waals surface area contributed by atoms with Gasteiger partial charge >= 0.3 is 0 Å². The highest BCUT2D eigenvalue weighted by atomic mass is 16.5. The van der Waals surface area contributed by atoms with E-state index in [1.54, 1.807) is 36.4 Å². The van der Waals surface area contributed by atoms with Crippen LogP contribution in [0.25, 0.3) is 0 Å². The van der Waals surface area contributed by atoms with E-state index in [1.165, 1.54) is 19.4 Å². The number of rotatable bonds is 4. The van der Waals surface area contributed by atoms with Crippen molar-refractivity contribution in [1.82, 2.24) is 5.43 Å². The molecule has 0 spiro atoms. The number of aromatic hydroxyl groups is 1. The first kappa shape index (κ1) is 14.4. The Morgan fingerprint density at radius 3 is 2.86 bits per heavy atom. The van der Waals surface area contributed by atoms with Crippen molar-refractivity contribution in [3.05, 3.63) is 53.6 Å². The van der Waals surface area contributed by atoms with Crippen LogP contribution in [0.5, 0.6) is 11.5 Å². The quantitative estimate of drug-likeness (QED) is 0.453. The van der Waals surface area contributed by atoms with Gasteiger partial charge in [-0.3, -0.25) is 4.79 Å². The summed E-state index contributed by atoms with van der Waals surface area (Å²) in [4.78, 5) is 11.8. The maximum absolute atomic E-state index is 11.8. The fraction of sp³-hybridized carbons (Fsp3) is 0.0667. The molecule has 0 atom stereocenters. The Balaban J connectivity index is 2.04. The minimum atomic E-state index is -0.357. The summed E-state index contributed by atoms with van der Waals surface area (Å²) in [6.07, 6.45) is 1.45. The van der Waals surface area contributed by atoms with Gasteiger partial charge in [0.2, 0.25) is 0 Å². The van der Waals surface area contributed by atoms with E-state index in [2.05, 4.69) is 10.5 Å². The molecule has 0 fully saturated rings. The van der Waals surface area contributed by atoms with Crippen LogP contribution in [-0.2, 0) is 0 Å². The Morgan fingerprint density at radius 1 is 1.33 bits per heavy atom. The van der Waals surface area contributed by atoms with Crippen molar-refractivity contribution >= 4 is 17.8 Å². The van der Waals surface area contributed by atoms with Gasteiger partial charge in [-0.05, 0) is 42.0 Å². The lowest BCUT2D eigenvalue weighted by Gasteiger charge is -2.03. The molecule has 2 rings (SSSR count). The molecule has 0 aliphatic carbocycles. The first-order chi connectivity index (χ1) is 10.1. The van der Waals surface area contributed by atoms with Gasteiger partial charge in [-0.1, -0.05) is 6.07 Å². The monoisotopic (exact) mass is 285 g/mol. The molecular weight excluding hydrogens is 270 g/mol. The van der Waals surface area contributed by atoms with E-state index < -0.39 is 0 Å². The molecule has 0 bridgehead atoms. The number of phenols is 1. The summed E-state index contributed by atoms with van der Waals surface area (Å²) in [5, 5.41) is 13.3. The number of nitrogens with one attached hydrogen (secondary N) is 1. The largest absolute Gasteiger partial charge is 0.504 e. The second-order valence-corrected chi connectivity index (χ2v) is 4.26. The molecule has 0 unspecified atom stereocenters. The zero-order chi connectivity index (χ0) is 15.2. The highest BCUT2D eigenvalue weighted by Crippen LogP contribution is 2.25. The molecule has 0 saturated heterocycles. The topological polar surface area (TPSA) is 96.9 Å². The molecular formula is C15H15N3O3. The van der Waals surface area contributed by atoms with Crippen LogP contribution in [0.4, 0.5) is 5.69 Å². The molecule has 2 aromatic rings. The van der Waals surface area contributed by atoms with Gasteiger partial charge in [0.15, 0.2) is 11.5 Å². The number of amides is 1. The number of benzene rings is 2. The van der Waals surface area contributed by atoms with Gasteiger partial charge in [-0.2, -0.15) is 5.10 Å². The van der Waals surface area contributed by atoms with E-state index in [1.807, 2.05) is 0 Å². The fourth-order valence-corrected chi connectivity index (χ4v) is 1.68. The van der Waals surface area contributed by atoms with Crippen molar-refractivity contribution < 1.29 is 14.6 Å². The minimum absolute atomic E-state index is 0.0402. The van der Waals surface area contributed by atoms with Crippen molar-refractivity contribution in [2.45, 2.75) is 0 Å². The zero-order valence-corrected chi connectivity index (χ0v) is 11.4. The van der Waals surface area contributed by atoms with E-state index in [9.17, 15) is 9.90 Å². The van der Waals surface area contributed by atoms with Gasteiger partial charge in [0.1, 0.15) is 0 Å². The molecule has 108 valence electrons. The summed E-state index contributed by atoms with van der Waals surface area (Å²) in [5.41, 5.74) is 9.62. The zero-order valence-electron chi connectivity index (χ0n) is 11.4. The molecule has 6 heteroatoms. The Kier molecular flexibility index (Phi) is 4.40. The Hall–Kier alpha value is -3.02. The van der Waals surface area contributed by atoms with Crippen molar-refractivity contribution in [3.63, 3.8) is 0 Å². The third kappa shape index (κ3) is 3.73. The van der Waals surface area contributed by atoms with Crippen LogP contribution in [0.3, 0.4) is 0 Å². The van der Waals surface area contributed by atoms with Crippen molar-refractivity contribution in [2.24, 2.45) is 5.10 Å². The molecule has 4 N–H and O–H groups in total. The Bertz CT molecular complexity index is 684. The number of phenolic OH excluding ortho intramolecular Hbond substituents is 1. The minimum Gasteiger partial charge on any atom is -0.504 e. The molecule has 6 nitrogen and oxygen atoms in total. The summed E-state index contributed by atoms with van der Waals surface area (Å²) in [5.74, 6) is 0.0175. The second kappa shape index (κ2) is 6.42. The average Bonchev–Trinajstić information content (AvgIpc) is 2.48. The number of nitrogens with zero attached hydrogens (tertiary/aromatic N) is 1. The SMILES string of the molecule is COc1cc(/C=N\NC(=O)c2cccc(N)c2)ccc1O. The van der Waals surface area contributed by atoms with Crippen LogP contribution in [0.15, 0.2) is 47.6 Å². The molecule has 0 aliphatic heterocycles. The third-order valence-electron chi connectivity index (χ3n) is 2.73. The number of hydrogen-bond donors (Lipinski definition) is 3. The van der Waals surface area contributed by atoms with E-state index in [0.29, 0.717) is 22.6 Å². The number of carbonyl (C=O) groups is 1. The number of nitrogens with two attached hydrogens (primary N) is 1. The summed E-state index contributed by atoms with van der Waals surface area (Å²) in [6.45, 7) is 0. The number of nitrogen functional groups attached to an aromatic ring is 1. The van der Waals surface area contributed by atoms with Gasteiger partial charge in [0.25, 0.3) is 5.91 Å². The number of carbonyl (C=O) groups excluding carboxylic acids is 1. The smallest absolute Gasteiger partial charge is 0.271 e. The highest BCUT2D eigenvalue weighted by Gasteiger charge is 2.04. The van der Waals surface area contributed by atoms with Crippen LogP contribution < -0.4 is 15.9 Å². The fourth-order valence-electron chi connectivity index (χ4n) is 1.68. The maximum atomic E-state index is 11.8. The van der Waals surface area contributed by atoms with Gasteiger partial charge in [-0.15, -0.1) is 0 Å². The van der Waals surface area contributed by atoms with E-state index >= 15 is 0 Å². The third-order valence-corrected chi connectivity index (χ3v) is 2.73. The number of hydrogen-bond acceptors (Lipinski definition) is 5. The first-order valence-corrected chi connectivity index (χ1v) is 6.16. The lowest BCUT2D eigenvalue weighted by molar-refractivity contribution is 0.0955. The summed E-state index contributed by atoms with van der Waals surface area (Å²) >= 11 is 0. The average molecular weight is 285 g/mol. The van der Waals surface area contributed by atoms with Crippen molar-refractivity contribution in [2.75, 3.05) is 12.8 Å². The molecule has 2 aromatic carbocycles. The molecule has 0 saturated carbocycles. The first-order valence-electron chi connectivity index (χ1n) is 6.16. The van der Waals surface area contributed by atoms with Crippen molar-refractivity contribution in [1.29, 1.82) is 0 Å². The lowest BCUT2D eigenvalue weighted by Crippen LogP contribution is -2.17. The molecule has 21 heavy (non-hydrogen) atoms.